The molecule has 2 N–H and O–H groups in total. The van der Waals surface area contributed by atoms with Gasteiger partial charge in [-0.3, -0.25) is 4.79 Å². The molecule has 1 heterocycles. The van der Waals surface area contributed by atoms with Gasteiger partial charge in [-0.05, 0) is 43.3 Å². The van der Waals surface area contributed by atoms with E-state index in [4.69, 9.17) is 4.42 Å². The van der Waals surface area contributed by atoms with Crippen molar-refractivity contribution < 1.29 is 17.6 Å². The molecule has 0 fully saturated rings. The number of benzene rings is 2. The van der Waals surface area contributed by atoms with Crippen molar-refractivity contribution >= 4 is 38.4 Å². The molecule has 1 amide bonds. The standard InChI is InChI=1S/C21H26N4O4S/c1-13(2)21-24-18-12-16(9-10-19(18)29-21)22-14(3)20(26)23-15-7-6-8-17(11-15)30(27,28)25(4)5/h6-14,22H,1-5H3,(H,23,26). The first-order chi connectivity index (χ1) is 14.1. The number of carbonyl (C=O) groups excluding carboxylic acids is 1. The van der Waals surface area contributed by atoms with E-state index in [2.05, 4.69) is 15.6 Å². The number of hydrogen-bond donors (Lipinski definition) is 2. The maximum Gasteiger partial charge on any atom is 0.246 e. The van der Waals surface area contributed by atoms with E-state index < -0.39 is 16.1 Å². The lowest BCUT2D eigenvalue weighted by atomic mass is 10.2. The smallest absolute Gasteiger partial charge is 0.246 e. The average molecular weight is 431 g/mol. The maximum atomic E-state index is 12.6. The molecule has 1 aromatic heterocycles. The molecule has 0 aliphatic carbocycles. The first kappa shape index (κ1) is 21.8. The van der Waals surface area contributed by atoms with Crippen molar-refractivity contribution in [2.45, 2.75) is 37.6 Å². The Kier molecular flexibility index (Phi) is 6.14. The molecule has 160 valence electrons. The van der Waals surface area contributed by atoms with Crippen molar-refractivity contribution in [2.75, 3.05) is 24.7 Å². The molecule has 8 nitrogen and oxygen atoms in total. The normalized spacial score (nSPS) is 13.0. The van der Waals surface area contributed by atoms with Gasteiger partial charge in [-0.25, -0.2) is 17.7 Å². The minimum atomic E-state index is -3.58. The number of nitrogens with zero attached hydrogens (tertiary/aromatic N) is 2. The van der Waals surface area contributed by atoms with E-state index in [0.29, 0.717) is 17.2 Å². The number of amides is 1. The highest BCUT2D eigenvalue weighted by Gasteiger charge is 2.19. The van der Waals surface area contributed by atoms with Gasteiger partial charge < -0.3 is 15.1 Å². The van der Waals surface area contributed by atoms with Gasteiger partial charge in [0, 0.05) is 31.4 Å². The summed E-state index contributed by atoms with van der Waals surface area (Å²) < 4.78 is 31.4. The number of aromatic nitrogens is 1. The van der Waals surface area contributed by atoms with E-state index in [-0.39, 0.29) is 16.7 Å². The zero-order valence-electron chi connectivity index (χ0n) is 17.6. The van der Waals surface area contributed by atoms with Gasteiger partial charge in [-0.2, -0.15) is 0 Å². The Morgan fingerprint density at radius 1 is 1.07 bits per heavy atom. The van der Waals surface area contributed by atoms with Gasteiger partial charge in [0.2, 0.25) is 15.9 Å². The molecule has 30 heavy (non-hydrogen) atoms. The summed E-state index contributed by atoms with van der Waals surface area (Å²) in [5.41, 5.74) is 2.56. The maximum absolute atomic E-state index is 12.6. The van der Waals surface area contributed by atoms with Crippen LogP contribution < -0.4 is 10.6 Å². The molecule has 0 spiro atoms. The SMILES string of the molecule is CC(Nc1ccc2oc(C(C)C)nc2c1)C(=O)Nc1cccc(S(=O)(=O)N(C)C)c1. The lowest BCUT2D eigenvalue weighted by Gasteiger charge is -2.16. The lowest BCUT2D eigenvalue weighted by molar-refractivity contribution is -0.116. The summed E-state index contributed by atoms with van der Waals surface area (Å²) in [5, 5.41) is 5.89. The summed E-state index contributed by atoms with van der Waals surface area (Å²) in [4.78, 5) is 17.2. The van der Waals surface area contributed by atoms with Crippen LogP contribution >= 0.6 is 0 Å². The third-order valence-electron chi connectivity index (χ3n) is 4.55. The topological polar surface area (TPSA) is 105 Å². The van der Waals surface area contributed by atoms with Gasteiger partial charge in [0.05, 0.1) is 4.90 Å². The molecule has 1 atom stereocenters. The van der Waals surface area contributed by atoms with Gasteiger partial charge in [-0.15, -0.1) is 0 Å². The second-order valence-corrected chi connectivity index (χ2v) is 9.71. The highest BCUT2D eigenvalue weighted by atomic mass is 32.2. The summed E-state index contributed by atoms with van der Waals surface area (Å²) in [5.74, 6) is 0.559. The predicted molar refractivity (Wildman–Crippen MR) is 117 cm³/mol. The van der Waals surface area contributed by atoms with Crippen LogP contribution in [0.1, 0.15) is 32.6 Å². The molecule has 0 saturated carbocycles. The van der Waals surface area contributed by atoms with E-state index >= 15 is 0 Å². The number of hydrogen-bond acceptors (Lipinski definition) is 6. The molecule has 0 saturated heterocycles. The molecule has 9 heteroatoms. The number of rotatable bonds is 7. The molecule has 0 aliphatic rings. The minimum Gasteiger partial charge on any atom is -0.440 e. The zero-order chi connectivity index (χ0) is 22.1. The number of oxazole rings is 1. The summed E-state index contributed by atoms with van der Waals surface area (Å²) in [7, 11) is -0.657. The van der Waals surface area contributed by atoms with Crippen LogP contribution in [0, 0.1) is 0 Å². The van der Waals surface area contributed by atoms with Crippen molar-refractivity contribution in [3.05, 3.63) is 48.4 Å². The quantitative estimate of drug-likeness (QED) is 0.593. The summed E-state index contributed by atoms with van der Waals surface area (Å²) >= 11 is 0. The molecule has 3 rings (SSSR count). The van der Waals surface area contributed by atoms with Crippen LogP contribution in [0.15, 0.2) is 51.8 Å². The summed E-state index contributed by atoms with van der Waals surface area (Å²) in [6.45, 7) is 5.74. The zero-order valence-corrected chi connectivity index (χ0v) is 18.4. The third kappa shape index (κ3) is 4.63. The Balaban J connectivity index is 1.71. The minimum absolute atomic E-state index is 0.114. The van der Waals surface area contributed by atoms with Crippen molar-refractivity contribution in [2.24, 2.45) is 0 Å². The molecular weight excluding hydrogens is 404 g/mol. The number of sulfonamides is 1. The van der Waals surface area contributed by atoms with Crippen molar-refractivity contribution in [3.8, 4) is 0 Å². The van der Waals surface area contributed by atoms with Crippen molar-refractivity contribution in [1.82, 2.24) is 9.29 Å². The molecule has 1 unspecified atom stereocenters. The molecule has 2 aromatic carbocycles. The first-order valence-electron chi connectivity index (χ1n) is 9.58. The van der Waals surface area contributed by atoms with E-state index in [9.17, 15) is 13.2 Å². The second-order valence-electron chi connectivity index (χ2n) is 7.56. The Morgan fingerprint density at radius 3 is 2.47 bits per heavy atom. The Hall–Kier alpha value is -2.91. The monoisotopic (exact) mass is 430 g/mol. The Bertz CT molecular complexity index is 1170. The number of anilines is 2. The fourth-order valence-electron chi connectivity index (χ4n) is 2.79. The van der Waals surface area contributed by atoms with Gasteiger partial charge in [-0.1, -0.05) is 19.9 Å². The molecule has 3 aromatic rings. The highest BCUT2D eigenvalue weighted by Crippen LogP contribution is 2.24. The van der Waals surface area contributed by atoms with Crippen LogP contribution in [0.3, 0.4) is 0 Å². The summed E-state index contributed by atoms with van der Waals surface area (Å²) in [6.07, 6.45) is 0. The number of carbonyl (C=O) groups is 1. The predicted octanol–water partition coefficient (Wildman–Crippen LogP) is 3.64. The van der Waals surface area contributed by atoms with Crippen LogP contribution in [0.5, 0.6) is 0 Å². The van der Waals surface area contributed by atoms with Gasteiger partial charge in [0.15, 0.2) is 11.5 Å². The molecule has 0 bridgehead atoms. The van der Waals surface area contributed by atoms with Gasteiger partial charge >= 0.3 is 0 Å². The molecular formula is C21H26N4O4S. The van der Waals surface area contributed by atoms with Crippen LogP contribution in [0.2, 0.25) is 0 Å². The fraction of sp³-hybridized carbons (Fsp3) is 0.333. The van der Waals surface area contributed by atoms with Crippen LogP contribution in [0.4, 0.5) is 11.4 Å². The number of fused-ring (bicyclic) bond motifs is 1. The second kappa shape index (κ2) is 8.45. The lowest BCUT2D eigenvalue weighted by Crippen LogP contribution is -2.32. The van der Waals surface area contributed by atoms with Gasteiger partial charge in [0.1, 0.15) is 11.6 Å². The van der Waals surface area contributed by atoms with Crippen molar-refractivity contribution in [3.63, 3.8) is 0 Å². The number of nitrogens with one attached hydrogen (secondary N) is 2. The molecule has 0 radical (unpaired) electrons. The fourth-order valence-corrected chi connectivity index (χ4v) is 3.74. The van der Waals surface area contributed by atoms with Crippen LogP contribution in [0.25, 0.3) is 11.1 Å². The Morgan fingerprint density at radius 2 is 1.80 bits per heavy atom. The van der Waals surface area contributed by atoms with E-state index in [0.717, 1.165) is 15.5 Å². The van der Waals surface area contributed by atoms with Crippen molar-refractivity contribution in [1.29, 1.82) is 0 Å². The molecule has 0 aliphatic heterocycles. The van der Waals surface area contributed by atoms with Crippen LogP contribution in [-0.2, 0) is 14.8 Å². The van der Waals surface area contributed by atoms with E-state index in [1.165, 1.54) is 26.2 Å². The third-order valence-corrected chi connectivity index (χ3v) is 6.37. The van der Waals surface area contributed by atoms with Gasteiger partial charge in [0.25, 0.3) is 0 Å². The highest BCUT2D eigenvalue weighted by molar-refractivity contribution is 7.89. The largest absolute Gasteiger partial charge is 0.440 e. The Labute approximate surface area is 176 Å². The van der Waals surface area contributed by atoms with E-state index in [1.54, 1.807) is 19.1 Å². The average Bonchev–Trinajstić information content (AvgIpc) is 3.11. The summed E-state index contributed by atoms with van der Waals surface area (Å²) in [6, 6.07) is 11.1. The van der Waals surface area contributed by atoms with E-state index in [1.807, 2.05) is 32.0 Å². The van der Waals surface area contributed by atoms with Crippen LogP contribution in [-0.4, -0.2) is 43.8 Å². The first-order valence-corrected chi connectivity index (χ1v) is 11.0.